The lowest BCUT2D eigenvalue weighted by Crippen LogP contribution is -2.11. The topological polar surface area (TPSA) is 17.8 Å². The van der Waals surface area contributed by atoms with Crippen molar-refractivity contribution in [2.75, 3.05) is 5.88 Å². The van der Waals surface area contributed by atoms with Gasteiger partial charge in [-0.05, 0) is 30.7 Å². The summed E-state index contributed by atoms with van der Waals surface area (Å²) in [6.07, 6.45) is 0.741. The standard InChI is InChI=1S/C17H16Cl2N2/c1-12(13-5-3-2-4-6-13)21-16-11-14(19)7-8-15(16)20-17(21)9-10-18/h2-8,11-12H,9-10H2,1H3. The summed E-state index contributed by atoms with van der Waals surface area (Å²) >= 11 is 12.1. The van der Waals surface area contributed by atoms with E-state index in [0.29, 0.717) is 5.88 Å². The molecule has 0 spiro atoms. The SMILES string of the molecule is CC(c1ccccc1)n1c(CCCl)nc2ccc(Cl)cc21. The highest BCUT2D eigenvalue weighted by Crippen LogP contribution is 2.28. The third kappa shape index (κ3) is 2.78. The molecule has 2 aromatic carbocycles. The minimum atomic E-state index is 0.188. The summed E-state index contributed by atoms with van der Waals surface area (Å²) in [5, 5.41) is 0.723. The first-order valence-corrected chi connectivity index (χ1v) is 7.89. The summed E-state index contributed by atoms with van der Waals surface area (Å²) in [6, 6.07) is 16.4. The summed E-state index contributed by atoms with van der Waals surface area (Å²) in [5.41, 5.74) is 3.26. The number of rotatable bonds is 4. The van der Waals surface area contributed by atoms with Crippen LogP contribution in [-0.2, 0) is 6.42 Å². The van der Waals surface area contributed by atoms with Gasteiger partial charge in [-0.15, -0.1) is 11.6 Å². The maximum atomic E-state index is 6.16. The zero-order chi connectivity index (χ0) is 14.8. The van der Waals surface area contributed by atoms with E-state index in [1.165, 1.54) is 5.56 Å². The van der Waals surface area contributed by atoms with Gasteiger partial charge in [0.15, 0.2) is 0 Å². The van der Waals surface area contributed by atoms with Crippen molar-refractivity contribution >= 4 is 34.2 Å². The summed E-state index contributed by atoms with van der Waals surface area (Å²) in [6.45, 7) is 2.18. The molecule has 0 N–H and O–H groups in total. The Morgan fingerprint density at radius 3 is 2.62 bits per heavy atom. The van der Waals surface area contributed by atoms with E-state index in [4.69, 9.17) is 28.2 Å². The van der Waals surface area contributed by atoms with Crippen LogP contribution in [0.2, 0.25) is 5.02 Å². The molecule has 0 saturated carbocycles. The molecule has 1 heterocycles. The van der Waals surface area contributed by atoms with Gasteiger partial charge >= 0.3 is 0 Å². The van der Waals surface area contributed by atoms with Crippen LogP contribution in [0.15, 0.2) is 48.5 Å². The third-order valence-corrected chi connectivity index (χ3v) is 4.14. The molecular formula is C17H16Cl2N2. The van der Waals surface area contributed by atoms with Crippen LogP contribution in [0.25, 0.3) is 11.0 Å². The first-order valence-electron chi connectivity index (χ1n) is 6.98. The van der Waals surface area contributed by atoms with E-state index in [2.05, 4.69) is 35.8 Å². The second kappa shape index (κ2) is 6.08. The Balaban J connectivity index is 2.18. The maximum Gasteiger partial charge on any atom is 0.111 e. The molecule has 21 heavy (non-hydrogen) atoms. The molecule has 1 unspecified atom stereocenters. The lowest BCUT2D eigenvalue weighted by Gasteiger charge is -2.18. The molecule has 0 bridgehead atoms. The molecule has 2 nitrogen and oxygen atoms in total. The smallest absolute Gasteiger partial charge is 0.111 e. The van der Waals surface area contributed by atoms with E-state index >= 15 is 0 Å². The maximum absolute atomic E-state index is 6.16. The zero-order valence-electron chi connectivity index (χ0n) is 11.8. The fourth-order valence-electron chi connectivity index (χ4n) is 2.69. The van der Waals surface area contributed by atoms with Crippen LogP contribution < -0.4 is 0 Å². The summed E-state index contributed by atoms with van der Waals surface area (Å²) < 4.78 is 2.24. The van der Waals surface area contributed by atoms with Crippen molar-refractivity contribution < 1.29 is 0 Å². The van der Waals surface area contributed by atoms with Gasteiger partial charge in [0.2, 0.25) is 0 Å². The summed E-state index contributed by atoms with van der Waals surface area (Å²) in [7, 11) is 0. The monoisotopic (exact) mass is 318 g/mol. The van der Waals surface area contributed by atoms with Crippen LogP contribution in [0.1, 0.15) is 24.4 Å². The third-order valence-electron chi connectivity index (χ3n) is 3.71. The van der Waals surface area contributed by atoms with Crippen molar-refractivity contribution in [2.45, 2.75) is 19.4 Å². The summed E-state index contributed by atoms with van der Waals surface area (Å²) in [5.74, 6) is 1.55. The quantitative estimate of drug-likeness (QED) is 0.613. The number of hydrogen-bond donors (Lipinski definition) is 0. The molecule has 4 heteroatoms. The molecule has 1 aromatic heterocycles. The van der Waals surface area contributed by atoms with Crippen molar-refractivity contribution in [3.05, 3.63) is 64.9 Å². The lowest BCUT2D eigenvalue weighted by atomic mass is 10.1. The Labute approximate surface area is 134 Å². The van der Waals surface area contributed by atoms with Crippen LogP contribution in [-0.4, -0.2) is 15.4 Å². The number of benzene rings is 2. The van der Waals surface area contributed by atoms with Crippen molar-refractivity contribution in [1.29, 1.82) is 0 Å². The van der Waals surface area contributed by atoms with Gasteiger partial charge in [-0.25, -0.2) is 4.98 Å². The predicted octanol–water partition coefficient (Wildman–Crippen LogP) is 5.08. The minimum absolute atomic E-state index is 0.188. The van der Waals surface area contributed by atoms with Gasteiger partial charge in [-0.2, -0.15) is 0 Å². The molecule has 0 aliphatic heterocycles. The van der Waals surface area contributed by atoms with Gasteiger partial charge in [0.1, 0.15) is 5.82 Å². The average Bonchev–Trinajstić information content (AvgIpc) is 2.85. The van der Waals surface area contributed by atoms with E-state index in [1.54, 1.807) is 0 Å². The van der Waals surface area contributed by atoms with Gasteiger partial charge < -0.3 is 4.57 Å². The van der Waals surface area contributed by atoms with Crippen molar-refractivity contribution in [3.63, 3.8) is 0 Å². The van der Waals surface area contributed by atoms with Crippen LogP contribution >= 0.6 is 23.2 Å². The largest absolute Gasteiger partial charge is 0.321 e. The van der Waals surface area contributed by atoms with Crippen LogP contribution in [0.3, 0.4) is 0 Å². The normalized spacial score (nSPS) is 12.7. The Kier molecular flexibility index (Phi) is 4.18. The predicted molar refractivity (Wildman–Crippen MR) is 89.4 cm³/mol. The molecule has 0 aliphatic rings. The minimum Gasteiger partial charge on any atom is -0.321 e. The number of hydrogen-bond acceptors (Lipinski definition) is 1. The number of aryl methyl sites for hydroxylation is 1. The first-order chi connectivity index (χ1) is 10.2. The number of alkyl halides is 1. The molecular weight excluding hydrogens is 303 g/mol. The van der Waals surface area contributed by atoms with E-state index in [0.717, 1.165) is 28.3 Å². The molecule has 0 aliphatic carbocycles. The molecule has 3 aromatic rings. The molecule has 0 fully saturated rings. The number of fused-ring (bicyclic) bond motifs is 1. The van der Waals surface area contributed by atoms with E-state index in [1.807, 2.05) is 24.3 Å². The van der Waals surface area contributed by atoms with Crippen LogP contribution in [0.4, 0.5) is 0 Å². The second-order valence-electron chi connectivity index (χ2n) is 5.06. The molecule has 108 valence electrons. The number of halogens is 2. The Hall–Kier alpha value is -1.51. The molecule has 0 amide bonds. The average molecular weight is 319 g/mol. The fraction of sp³-hybridized carbons (Fsp3) is 0.235. The number of aromatic nitrogens is 2. The highest BCUT2D eigenvalue weighted by molar-refractivity contribution is 6.31. The molecule has 0 radical (unpaired) electrons. The lowest BCUT2D eigenvalue weighted by molar-refractivity contribution is 0.624. The highest BCUT2D eigenvalue weighted by atomic mass is 35.5. The van der Waals surface area contributed by atoms with E-state index < -0.39 is 0 Å². The Morgan fingerprint density at radius 2 is 1.90 bits per heavy atom. The molecule has 3 rings (SSSR count). The van der Waals surface area contributed by atoms with Gasteiger partial charge in [0.25, 0.3) is 0 Å². The first kappa shape index (κ1) is 14.4. The number of imidazole rings is 1. The van der Waals surface area contributed by atoms with E-state index in [9.17, 15) is 0 Å². The molecule has 0 saturated heterocycles. The van der Waals surface area contributed by atoms with Gasteiger partial charge in [-0.3, -0.25) is 0 Å². The second-order valence-corrected chi connectivity index (χ2v) is 5.87. The van der Waals surface area contributed by atoms with Gasteiger partial charge in [0.05, 0.1) is 17.1 Å². The summed E-state index contributed by atoms with van der Waals surface area (Å²) in [4.78, 5) is 4.71. The van der Waals surface area contributed by atoms with Crippen molar-refractivity contribution in [3.8, 4) is 0 Å². The van der Waals surface area contributed by atoms with Crippen molar-refractivity contribution in [1.82, 2.24) is 9.55 Å². The van der Waals surface area contributed by atoms with Gasteiger partial charge in [0, 0.05) is 17.3 Å². The van der Waals surface area contributed by atoms with E-state index in [-0.39, 0.29) is 6.04 Å². The van der Waals surface area contributed by atoms with Crippen LogP contribution in [0, 0.1) is 0 Å². The number of nitrogens with zero attached hydrogens (tertiary/aromatic N) is 2. The van der Waals surface area contributed by atoms with Crippen molar-refractivity contribution in [2.24, 2.45) is 0 Å². The zero-order valence-corrected chi connectivity index (χ0v) is 13.3. The Morgan fingerprint density at radius 1 is 1.14 bits per heavy atom. The molecule has 1 atom stereocenters. The van der Waals surface area contributed by atoms with Crippen LogP contribution in [0.5, 0.6) is 0 Å². The highest BCUT2D eigenvalue weighted by Gasteiger charge is 2.17. The van der Waals surface area contributed by atoms with Gasteiger partial charge in [-0.1, -0.05) is 41.9 Å². The Bertz CT molecular complexity index is 750. The fourth-order valence-corrected chi connectivity index (χ4v) is 3.03.